The van der Waals surface area contributed by atoms with E-state index in [9.17, 15) is 10.1 Å². The first-order valence-electron chi connectivity index (χ1n) is 12.7. The van der Waals surface area contributed by atoms with Gasteiger partial charge in [0.2, 0.25) is 0 Å². The van der Waals surface area contributed by atoms with Gasteiger partial charge in [-0.05, 0) is 41.2 Å². The van der Waals surface area contributed by atoms with Crippen LogP contribution >= 0.6 is 0 Å². The summed E-state index contributed by atoms with van der Waals surface area (Å²) >= 11 is 0. The lowest BCUT2D eigenvalue weighted by atomic mass is 9.97. The molecule has 0 atom stereocenters. The van der Waals surface area contributed by atoms with Crippen LogP contribution in [0.15, 0.2) is 95.1 Å². The monoisotopic (exact) mass is 477 g/mol. The van der Waals surface area contributed by atoms with Gasteiger partial charge in [-0.1, -0.05) is 93.1 Å². The topological polar surface area (TPSA) is 56.5 Å². The molecular formula is C32H35N3O. The summed E-state index contributed by atoms with van der Waals surface area (Å²) < 4.78 is 0. The normalized spacial score (nSPS) is 12.0. The van der Waals surface area contributed by atoms with Gasteiger partial charge in [-0.2, -0.15) is 5.26 Å². The number of nitrogens with zero attached hydrogens (tertiary/aromatic N) is 3. The van der Waals surface area contributed by atoms with Crippen LogP contribution < -0.4 is 0 Å². The Balaban J connectivity index is 1.88. The zero-order valence-electron chi connectivity index (χ0n) is 21.6. The van der Waals surface area contributed by atoms with Gasteiger partial charge in [0.15, 0.2) is 0 Å². The largest absolute Gasteiger partial charge is 0.359 e. The molecule has 0 aliphatic rings. The standard InChI is InChI=1S/C32H35N3O/c1-4-6-16-31(34-32(5-2)35(3)23-26-12-8-7-9-13-26)29(24-36)21-25-17-19-27(20-18-25)30-15-11-10-14-28(30)22-33/h7-15,17-20,24H,4-6,16,21,23H2,1-3H3/b31-29-,34-32?. The Kier molecular flexibility index (Phi) is 10.2. The minimum atomic E-state index is 0.533. The Hall–Kier alpha value is -3.97. The van der Waals surface area contributed by atoms with E-state index in [2.05, 4.69) is 44.0 Å². The highest BCUT2D eigenvalue weighted by atomic mass is 16.1. The summed E-state index contributed by atoms with van der Waals surface area (Å²) in [7, 11) is 2.06. The van der Waals surface area contributed by atoms with E-state index in [1.807, 2.05) is 66.7 Å². The van der Waals surface area contributed by atoms with Gasteiger partial charge in [0.1, 0.15) is 12.1 Å². The summed E-state index contributed by atoms with van der Waals surface area (Å²) in [6, 6.07) is 28.3. The van der Waals surface area contributed by atoms with E-state index in [0.29, 0.717) is 12.0 Å². The van der Waals surface area contributed by atoms with E-state index in [1.165, 1.54) is 5.56 Å². The predicted octanol–water partition coefficient (Wildman–Crippen LogP) is 7.35. The molecule has 4 heteroatoms. The number of carbonyl (C=O) groups excluding carboxylic acids is 1. The molecule has 0 aliphatic carbocycles. The third-order valence-corrected chi connectivity index (χ3v) is 6.27. The fraction of sp³-hybridized carbons (Fsp3) is 0.281. The van der Waals surface area contributed by atoms with Crippen LogP contribution in [0.25, 0.3) is 11.1 Å². The van der Waals surface area contributed by atoms with E-state index in [4.69, 9.17) is 4.99 Å². The molecule has 0 fully saturated rings. The number of hydrogen-bond acceptors (Lipinski definition) is 3. The van der Waals surface area contributed by atoms with E-state index >= 15 is 0 Å². The van der Waals surface area contributed by atoms with Crippen molar-refractivity contribution >= 4 is 12.1 Å². The van der Waals surface area contributed by atoms with Crippen LogP contribution in [0.3, 0.4) is 0 Å². The van der Waals surface area contributed by atoms with Gasteiger partial charge < -0.3 is 4.90 Å². The summed E-state index contributed by atoms with van der Waals surface area (Å²) in [5.41, 5.74) is 6.45. The Morgan fingerprint density at radius 2 is 1.64 bits per heavy atom. The van der Waals surface area contributed by atoms with E-state index < -0.39 is 0 Å². The van der Waals surface area contributed by atoms with Gasteiger partial charge in [-0.25, -0.2) is 4.99 Å². The number of allylic oxidation sites excluding steroid dienone is 2. The first-order chi connectivity index (χ1) is 17.6. The molecule has 3 aromatic carbocycles. The van der Waals surface area contributed by atoms with Crippen molar-refractivity contribution in [2.75, 3.05) is 7.05 Å². The molecule has 3 aromatic rings. The average Bonchev–Trinajstić information content (AvgIpc) is 2.93. The van der Waals surface area contributed by atoms with Gasteiger partial charge in [0, 0.05) is 37.7 Å². The van der Waals surface area contributed by atoms with Crippen LogP contribution in [-0.4, -0.2) is 24.1 Å². The van der Waals surface area contributed by atoms with Crippen molar-refractivity contribution in [3.05, 3.63) is 107 Å². The molecule has 0 unspecified atom stereocenters. The number of aliphatic imine (C=N–C) groups is 1. The Morgan fingerprint density at radius 3 is 2.28 bits per heavy atom. The highest BCUT2D eigenvalue weighted by Crippen LogP contribution is 2.25. The van der Waals surface area contributed by atoms with Crippen LogP contribution in [-0.2, 0) is 17.8 Å². The molecule has 0 amide bonds. The number of hydrogen-bond donors (Lipinski definition) is 0. The summed E-state index contributed by atoms with van der Waals surface area (Å²) in [5, 5.41) is 9.42. The fourth-order valence-electron chi connectivity index (χ4n) is 4.24. The molecule has 0 spiro atoms. The van der Waals surface area contributed by atoms with Gasteiger partial charge in [-0.15, -0.1) is 0 Å². The van der Waals surface area contributed by atoms with Crippen molar-refractivity contribution < 1.29 is 4.79 Å². The Morgan fingerprint density at radius 1 is 0.944 bits per heavy atom. The zero-order chi connectivity index (χ0) is 25.8. The lowest BCUT2D eigenvalue weighted by Gasteiger charge is -2.22. The molecule has 0 bridgehead atoms. The molecule has 0 saturated carbocycles. The van der Waals surface area contributed by atoms with E-state index in [1.54, 1.807) is 0 Å². The maximum Gasteiger partial charge on any atom is 0.148 e. The summed E-state index contributed by atoms with van der Waals surface area (Å²) in [5.74, 6) is 0.979. The molecular weight excluding hydrogens is 442 g/mol. The minimum absolute atomic E-state index is 0.533. The predicted molar refractivity (Wildman–Crippen MR) is 149 cm³/mol. The second kappa shape index (κ2) is 13.8. The quantitative estimate of drug-likeness (QED) is 0.126. The highest BCUT2D eigenvalue weighted by Gasteiger charge is 2.12. The Bertz CT molecular complexity index is 1230. The third kappa shape index (κ3) is 7.26. The lowest BCUT2D eigenvalue weighted by molar-refractivity contribution is -0.105. The van der Waals surface area contributed by atoms with Crippen molar-refractivity contribution in [3.63, 3.8) is 0 Å². The molecule has 3 rings (SSSR count). The molecule has 0 heterocycles. The molecule has 0 aliphatic heterocycles. The molecule has 0 saturated heterocycles. The van der Waals surface area contributed by atoms with Gasteiger partial charge in [-0.3, -0.25) is 4.79 Å². The summed E-state index contributed by atoms with van der Waals surface area (Å²) in [6.45, 7) is 5.04. The van der Waals surface area contributed by atoms with Gasteiger partial charge in [0.25, 0.3) is 0 Å². The van der Waals surface area contributed by atoms with Crippen LogP contribution in [0.4, 0.5) is 0 Å². The van der Waals surface area contributed by atoms with Gasteiger partial charge >= 0.3 is 0 Å². The lowest BCUT2D eigenvalue weighted by Crippen LogP contribution is -2.26. The van der Waals surface area contributed by atoms with Crippen LogP contribution in [0.5, 0.6) is 0 Å². The summed E-state index contributed by atoms with van der Waals surface area (Å²) in [4.78, 5) is 19.4. The number of carbonyl (C=O) groups is 1. The Labute approximate surface area is 215 Å². The average molecular weight is 478 g/mol. The number of benzene rings is 3. The van der Waals surface area contributed by atoms with E-state index in [0.717, 1.165) is 72.3 Å². The smallest absolute Gasteiger partial charge is 0.148 e. The zero-order valence-corrected chi connectivity index (χ0v) is 21.6. The first kappa shape index (κ1) is 26.6. The first-order valence-corrected chi connectivity index (χ1v) is 12.7. The molecule has 184 valence electrons. The number of nitriles is 1. The number of unbranched alkanes of at least 4 members (excludes halogenated alkanes) is 1. The van der Waals surface area contributed by atoms with Crippen LogP contribution in [0.1, 0.15) is 56.2 Å². The second-order valence-corrected chi connectivity index (χ2v) is 8.95. The molecule has 0 aromatic heterocycles. The van der Waals surface area contributed by atoms with Crippen molar-refractivity contribution in [3.8, 4) is 17.2 Å². The van der Waals surface area contributed by atoms with Crippen molar-refractivity contribution in [1.82, 2.24) is 4.90 Å². The molecule has 0 N–H and O–H groups in total. The molecule has 0 radical (unpaired) electrons. The second-order valence-electron chi connectivity index (χ2n) is 8.95. The number of aldehydes is 1. The van der Waals surface area contributed by atoms with Crippen LogP contribution in [0.2, 0.25) is 0 Å². The SMILES string of the molecule is CCCC/C(N=C(CC)N(C)Cc1ccccc1)=C(/C=O)Cc1ccc(-c2ccccc2C#N)cc1. The van der Waals surface area contributed by atoms with Crippen LogP contribution in [0, 0.1) is 11.3 Å². The maximum absolute atomic E-state index is 12.2. The fourth-order valence-corrected chi connectivity index (χ4v) is 4.24. The number of rotatable bonds is 11. The number of amidine groups is 1. The van der Waals surface area contributed by atoms with Crippen molar-refractivity contribution in [1.29, 1.82) is 5.26 Å². The maximum atomic E-state index is 12.2. The van der Waals surface area contributed by atoms with Crippen molar-refractivity contribution in [2.24, 2.45) is 4.99 Å². The van der Waals surface area contributed by atoms with Gasteiger partial charge in [0.05, 0.1) is 11.6 Å². The highest BCUT2D eigenvalue weighted by molar-refractivity contribution is 5.84. The molecule has 36 heavy (non-hydrogen) atoms. The third-order valence-electron chi connectivity index (χ3n) is 6.27. The molecule has 4 nitrogen and oxygen atoms in total. The van der Waals surface area contributed by atoms with E-state index in [-0.39, 0.29) is 0 Å². The minimum Gasteiger partial charge on any atom is -0.359 e. The summed E-state index contributed by atoms with van der Waals surface area (Å²) in [6.07, 6.45) is 5.10. The van der Waals surface area contributed by atoms with Crippen molar-refractivity contribution in [2.45, 2.75) is 52.5 Å².